The average Bonchev–Trinajstić information content (AvgIpc) is 2.99. The topological polar surface area (TPSA) is 93.6 Å². The van der Waals surface area contributed by atoms with Gasteiger partial charge in [0.05, 0.1) is 26.2 Å². The molecule has 3 aromatic rings. The minimum absolute atomic E-state index is 0.118. The van der Waals surface area contributed by atoms with Crippen LogP contribution in [0.1, 0.15) is 11.1 Å². The third kappa shape index (κ3) is 3.82. The molecule has 0 aliphatic heterocycles. The first-order valence-corrected chi connectivity index (χ1v) is 7.68. The zero-order valence-corrected chi connectivity index (χ0v) is 13.9. The van der Waals surface area contributed by atoms with Gasteiger partial charge >= 0.3 is 5.76 Å². The van der Waals surface area contributed by atoms with Crippen LogP contribution in [0, 0.1) is 0 Å². The van der Waals surface area contributed by atoms with Gasteiger partial charge in [-0.05, 0) is 35.4 Å². The standard InChI is InChI=1S/C18H18N2O5/c1-23-15-6-3-11(8-16(15)24-2)9-17(21)19-10-12-4-5-14-13(7-12)20-18(22)25-14/h3-8H,9-10H2,1-2H3,(H,19,21)(H,20,22). The van der Waals surface area contributed by atoms with Crippen LogP contribution in [0.25, 0.3) is 11.1 Å². The average molecular weight is 342 g/mol. The predicted octanol–water partition coefficient (Wildman–Crippen LogP) is 2.00. The summed E-state index contributed by atoms with van der Waals surface area (Å²) in [5.74, 6) is 0.592. The second-order valence-electron chi connectivity index (χ2n) is 5.49. The van der Waals surface area contributed by atoms with Gasteiger partial charge in [-0.1, -0.05) is 12.1 Å². The number of oxazole rings is 1. The van der Waals surface area contributed by atoms with Gasteiger partial charge in [0.15, 0.2) is 17.1 Å². The van der Waals surface area contributed by atoms with E-state index in [9.17, 15) is 9.59 Å². The van der Waals surface area contributed by atoms with E-state index in [1.807, 2.05) is 6.07 Å². The molecule has 7 heteroatoms. The van der Waals surface area contributed by atoms with Crippen molar-refractivity contribution in [1.82, 2.24) is 10.3 Å². The van der Waals surface area contributed by atoms with Crippen molar-refractivity contribution >= 4 is 17.0 Å². The Labute approximate surface area is 143 Å². The highest BCUT2D eigenvalue weighted by Gasteiger charge is 2.09. The summed E-state index contributed by atoms with van der Waals surface area (Å²) in [5.41, 5.74) is 2.79. The molecule has 1 amide bonds. The lowest BCUT2D eigenvalue weighted by molar-refractivity contribution is -0.120. The minimum Gasteiger partial charge on any atom is -0.493 e. The first-order valence-electron chi connectivity index (χ1n) is 7.68. The van der Waals surface area contributed by atoms with Gasteiger partial charge in [-0.15, -0.1) is 0 Å². The van der Waals surface area contributed by atoms with E-state index in [0.717, 1.165) is 11.1 Å². The van der Waals surface area contributed by atoms with Crippen molar-refractivity contribution in [2.24, 2.45) is 0 Å². The van der Waals surface area contributed by atoms with E-state index in [0.29, 0.717) is 29.1 Å². The highest BCUT2D eigenvalue weighted by molar-refractivity contribution is 5.79. The number of carbonyl (C=O) groups excluding carboxylic acids is 1. The lowest BCUT2D eigenvalue weighted by atomic mass is 10.1. The van der Waals surface area contributed by atoms with Crippen LogP contribution < -0.4 is 20.5 Å². The predicted molar refractivity (Wildman–Crippen MR) is 91.9 cm³/mol. The van der Waals surface area contributed by atoms with Gasteiger partial charge in [0.1, 0.15) is 0 Å². The van der Waals surface area contributed by atoms with Crippen molar-refractivity contribution < 1.29 is 18.7 Å². The maximum atomic E-state index is 12.1. The molecule has 3 rings (SSSR count). The molecule has 0 fully saturated rings. The van der Waals surface area contributed by atoms with Gasteiger partial charge in [-0.25, -0.2) is 4.79 Å². The van der Waals surface area contributed by atoms with E-state index in [1.165, 1.54) is 0 Å². The molecular weight excluding hydrogens is 324 g/mol. The summed E-state index contributed by atoms with van der Waals surface area (Å²) < 4.78 is 15.4. The van der Waals surface area contributed by atoms with Crippen LogP contribution in [0.4, 0.5) is 0 Å². The largest absolute Gasteiger partial charge is 0.493 e. The molecule has 0 aliphatic rings. The van der Waals surface area contributed by atoms with Crippen molar-refractivity contribution in [3.63, 3.8) is 0 Å². The summed E-state index contributed by atoms with van der Waals surface area (Å²) in [5, 5.41) is 2.85. The van der Waals surface area contributed by atoms with Crippen LogP contribution in [0.5, 0.6) is 11.5 Å². The molecule has 2 N–H and O–H groups in total. The number of methoxy groups -OCH3 is 2. The first kappa shape index (κ1) is 16.6. The molecule has 0 spiro atoms. The summed E-state index contributed by atoms with van der Waals surface area (Å²) in [6.07, 6.45) is 0.227. The van der Waals surface area contributed by atoms with E-state index in [4.69, 9.17) is 13.9 Å². The van der Waals surface area contributed by atoms with Gasteiger partial charge in [0, 0.05) is 6.54 Å². The van der Waals surface area contributed by atoms with Crippen molar-refractivity contribution in [1.29, 1.82) is 0 Å². The summed E-state index contributed by atoms with van der Waals surface area (Å²) in [6, 6.07) is 10.6. The third-order valence-corrected chi connectivity index (χ3v) is 3.79. The molecule has 0 radical (unpaired) electrons. The fourth-order valence-electron chi connectivity index (χ4n) is 2.55. The van der Waals surface area contributed by atoms with E-state index in [1.54, 1.807) is 44.6 Å². The first-order chi connectivity index (χ1) is 12.1. The molecule has 1 heterocycles. The zero-order chi connectivity index (χ0) is 17.8. The van der Waals surface area contributed by atoms with Gasteiger partial charge in [0.2, 0.25) is 5.91 Å². The Kier molecular flexibility index (Phi) is 4.74. The van der Waals surface area contributed by atoms with Crippen molar-refractivity contribution in [2.45, 2.75) is 13.0 Å². The molecule has 0 unspecified atom stereocenters. The summed E-state index contributed by atoms with van der Waals surface area (Å²) in [4.78, 5) is 25.9. The minimum atomic E-state index is -0.496. The molecule has 0 saturated heterocycles. The zero-order valence-electron chi connectivity index (χ0n) is 13.9. The molecule has 25 heavy (non-hydrogen) atoms. The molecular formula is C18H18N2O5. The number of carbonyl (C=O) groups is 1. The van der Waals surface area contributed by atoms with Gasteiger partial charge in [-0.2, -0.15) is 0 Å². The fourth-order valence-corrected chi connectivity index (χ4v) is 2.55. The Bertz CT molecular complexity index is 957. The second kappa shape index (κ2) is 7.12. The van der Waals surface area contributed by atoms with Gasteiger partial charge < -0.3 is 19.2 Å². The number of hydrogen-bond acceptors (Lipinski definition) is 5. The summed E-state index contributed by atoms with van der Waals surface area (Å²) in [6.45, 7) is 0.356. The highest BCUT2D eigenvalue weighted by atomic mass is 16.5. The summed E-state index contributed by atoms with van der Waals surface area (Å²) in [7, 11) is 3.12. The monoisotopic (exact) mass is 342 g/mol. The Morgan fingerprint density at radius 1 is 1.08 bits per heavy atom. The third-order valence-electron chi connectivity index (χ3n) is 3.79. The van der Waals surface area contributed by atoms with E-state index >= 15 is 0 Å². The molecule has 0 saturated carbocycles. The van der Waals surface area contributed by atoms with E-state index in [-0.39, 0.29) is 12.3 Å². The number of benzene rings is 2. The molecule has 2 aromatic carbocycles. The Morgan fingerprint density at radius 2 is 1.84 bits per heavy atom. The number of H-pyrrole nitrogens is 1. The Balaban J connectivity index is 1.63. The van der Waals surface area contributed by atoms with Crippen LogP contribution in [0.15, 0.2) is 45.6 Å². The Hall–Kier alpha value is -3.22. The molecule has 1 aromatic heterocycles. The SMILES string of the molecule is COc1ccc(CC(=O)NCc2ccc3oc(=O)[nH]c3c2)cc1OC. The van der Waals surface area contributed by atoms with Crippen LogP contribution in [0.3, 0.4) is 0 Å². The van der Waals surface area contributed by atoms with E-state index in [2.05, 4.69) is 10.3 Å². The molecule has 0 atom stereocenters. The van der Waals surface area contributed by atoms with Crippen molar-refractivity contribution in [3.8, 4) is 11.5 Å². The number of fused-ring (bicyclic) bond motifs is 1. The van der Waals surface area contributed by atoms with Crippen LogP contribution in [-0.4, -0.2) is 25.1 Å². The number of hydrogen-bond donors (Lipinski definition) is 2. The summed E-state index contributed by atoms with van der Waals surface area (Å²) >= 11 is 0. The maximum Gasteiger partial charge on any atom is 0.417 e. The second-order valence-corrected chi connectivity index (χ2v) is 5.49. The van der Waals surface area contributed by atoms with E-state index < -0.39 is 5.76 Å². The van der Waals surface area contributed by atoms with Crippen LogP contribution in [0.2, 0.25) is 0 Å². The smallest absolute Gasteiger partial charge is 0.417 e. The van der Waals surface area contributed by atoms with Gasteiger partial charge in [0.25, 0.3) is 0 Å². The number of aromatic nitrogens is 1. The number of aromatic amines is 1. The molecule has 7 nitrogen and oxygen atoms in total. The number of amides is 1. The Morgan fingerprint density at radius 3 is 2.60 bits per heavy atom. The quantitative estimate of drug-likeness (QED) is 0.715. The van der Waals surface area contributed by atoms with Crippen molar-refractivity contribution in [2.75, 3.05) is 14.2 Å². The van der Waals surface area contributed by atoms with Crippen molar-refractivity contribution in [3.05, 3.63) is 58.1 Å². The number of ether oxygens (including phenoxy) is 2. The normalized spacial score (nSPS) is 10.6. The van der Waals surface area contributed by atoms with Crippen LogP contribution >= 0.6 is 0 Å². The fraction of sp³-hybridized carbons (Fsp3) is 0.222. The molecule has 0 bridgehead atoms. The maximum absolute atomic E-state index is 12.1. The number of rotatable bonds is 6. The molecule has 130 valence electrons. The highest BCUT2D eigenvalue weighted by Crippen LogP contribution is 2.27. The molecule has 0 aliphatic carbocycles. The van der Waals surface area contributed by atoms with Crippen LogP contribution in [-0.2, 0) is 17.8 Å². The lowest BCUT2D eigenvalue weighted by Gasteiger charge is -2.10. The number of nitrogens with one attached hydrogen (secondary N) is 2. The lowest BCUT2D eigenvalue weighted by Crippen LogP contribution is -2.24. The van der Waals surface area contributed by atoms with Gasteiger partial charge in [-0.3, -0.25) is 9.78 Å².